The molecule has 4 rings (SSSR count). The summed E-state index contributed by atoms with van der Waals surface area (Å²) in [5.74, 6) is 0.648. The number of rotatable bonds is 8. The molecule has 0 spiro atoms. The maximum Gasteiger partial charge on any atom is 0.238 e. The predicted octanol–water partition coefficient (Wildman–Crippen LogP) is 2.76. The molecule has 4 heterocycles. The van der Waals surface area contributed by atoms with Gasteiger partial charge in [-0.2, -0.15) is 0 Å². The number of hydrogen-bond donors (Lipinski definition) is 1. The molecule has 0 aromatic carbocycles. The minimum absolute atomic E-state index is 0.00826. The van der Waals surface area contributed by atoms with Gasteiger partial charge in [-0.15, -0.1) is 10.2 Å². The van der Waals surface area contributed by atoms with Gasteiger partial charge in [0.25, 0.3) is 0 Å². The van der Waals surface area contributed by atoms with E-state index in [1.807, 2.05) is 6.92 Å². The van der Waals surface area contributed by atoms with Gasteiger partial charge < -0.3 is 9.26 Å². The van der Waals surface area contributed by atoms with Gasteiger partial charge in [-0.1, -0.05) is 23.7 Å². The highest BCUT2D eigenvalue weighted by molar-refractivity contribution is 7.93. The van der Waals surface area contributed by atoms with E-state index in [0.717, 1.165) is 6.42 Å². The molecular weight excluding hydrogens is 458 g/mol. The summed E-state index contributed by atoms with van der Waals surface area (Å²) >= 11 is 5.84. The highest BCUT2D eigenvalue weighted by atomic mass is 35.5. The fraction of sp³-hybridized carbons (Fsp3) is 0.526. The van der Waals surface area contributed by atoms with Gasteiger partial charge in [-0.05, 0) is 20.3 Å². The van der Waals surface area contributed by atoms with Crippen molar-refractivity contribution >= 4 is 27.6 Å². The lowest BCUT2D eigenvalue weighted by molar-refractivity contribution is 0.192. The van der Waals surface area contributed by atoms with Crippen LogP contribution in [0.4, 0.5) is 5.95 Å². The monoisotopic (exact) mass is 481 g/mol. The molecule has 13 heteroatoms. The topological polar surface area (TPSA) is 138 Å². The van der Waals surface area contributed by atoms with Crippen molar-refractivity contribution in [1.82, 2.24) is 29.9 Å². The molecule has 1 fully saturated rings. The van der Waals surface area contributed by atoms with Crippen LogP contribution in [0.3, 0.4) is 0 Å². The predicted molar refractivity (Wildman–Crippen MR) is 116 cm³/mol. The zero-order valence-electron chi connectivity index (χ0n) is 17.8. The van der Waals surface area contributed by atoms with E-state index in [0.29, 0.717) is 35.6 Å². The van der Waals surface area contributed by atoms with Gasteiger partial charge in [-0.3, -0.25) is 9.29 Å². The van der Waals surface area contributed by atoms with Crippen LogP contribution >= 0.6 is 11.6 Å². The van der Waals surface area contributed by atoms with Crippen molar-refractivity contribution in [3.63, 3.8) is 0 Å². The van der Waals surface area contributed by atoms with Crippen molar-refractivity contribution in [2.24, 2.45) is 0 Å². The van der Waals surface area contributed by atoms with Crippen LogP contribution < -0.4 is 4.72 Å². The lowest BCUT2D eigenvalue weighted by Crippen LogP contribution is -2.32. The van der Waals surface area contributed by atoms with Gasteiger partial charge in [0.1, 0.15) is 23.6 Å². The highest BCUT2D eigenvalue weighted by Gasteiger charge is 2.34. The Hall–Kier alpha value is -2.57. The molecule has 1 N–H and O–H groups in total. The largest absolute Gasteiger partial charge is 0.381 e. The first-order valence-electron chi connectivity index (χ1n) is 10.2. The molecule has 0 aliphatic carbocycles. The number of halogens is 1. The van der Waals surface area contributed by atoms with Gasteiger partial charge in [0.2, 0.25) is 16.0 Å². The number of hydrogen-bond acceptors (Lipinski definition) is 9. The van der Waals surface area contributed by atoms with E-state index in [-0.39, 0.29) is 17.9 Å². The van der Waals surface area contributed by atoms with Crippen molar-refractivity contribution in [3.8, 4) is 0 Å². The summed E-state index contributed by atoms with van der Waals surface area (Å²) in [7, 11) is -3.87. The van der Waals surface area contributed by atoms with Crippen LogP contribution in [0.5, 0.6) is 0 Å². The van der Waals surface area contributed by atoms with E-state index in [9.17, 15) is 8.42 Å². The van der Waals surface area contributed by atoms with Crippen LogP contribution in [0.15, 0.2) is 29.2 Å². The standard InChI is InChI=1S/C19H24ClN7O4S/c1-11(17-21-8-15(20)9-22-17)13(3)32(28,29)26-19-24-23-18(14-4-6-30-10-14)27(19)12(2)16-5-7-31-25-16/h5,7-9,11-14H,4,6,10H2,1-3H3,(H,24,26)/t11-,12-,13-,14+/m0/s1. The van der Waals surface area contributed by atoms with Gasteiger partial charge in [0.15, 0.2) is 0 Å². The Bertz CT molecular complexity index is 1150. The van der Waals surface area contributed by atoms with Gasteiger partial charge in [-0.25, -0.2) is 18.4 Å². The quantitative estimate of drug-likeness (QED) is 0.514. The molecule has 3 aromatic heterocycles. The number of anilines is 1. The third kappa shape index (κ3) is 4.48. The molecule has 172 valence electrons. The van der Waals surface area contributed by atoms with Crippen LogP contribution in [-0.4, -0.2) is 56.8 Å². The van der Waals surface area contributed by atoms with Crippen LogP contribution in [0.25, 0.3) is 0 Å². The summed E-state index contributed by atoms with van der Waals surface area (Å²) < 4.78 is 41.3. The van der Waals surface area contributed by atoms with E-state index in [1.54, 1.807) is 24.5 Å². The molecule has 0 radical (unpaired) electrons. The lowest BCUT2D eigenvalue weighted by Gasteiger charge is -2.22. The minimum atomic E-state index is -3.87. The Morgan fingerprint density at radius 3 is 2.59 bits per heavy atom. The van der Waals surface area contributed by atoms with Gasteiger partial charge in [0.05, 0.1) is 22.9 Å². The SMILES string of the molecule is C[C@H](c1ncc(Cl)cn1)[C@H](C)S(=O)(=O)Nc1nnc([C@@H]2CCOC2)n1[C@@H](C)c1ccon1. The Morgan fingerprint density at radius 1 is 1.22 bits per heavy atom. The Morgan fingerprint density at radius 2 is 1.97 bits per heavy atom. The summed E-state index contributed by atoms with van der Waals surface area (Å²) in [6.07, 6.45) is 5.13. The molecule has 0 saturated carbocycles. The number of ether oxygens (including phenoxy) is 1. The fourth-order valence-corrected chi connectivity index (χ4v) is 4.93. The maximum absolute atomic E-state index is 13.2. The van der Waals surface area contributed by atoms with E-state index in [4.69, 9.17) is 20.9 Å². The normalized spacial score (nSPS) is 19.6. The smallest absolute Gasteiger partial charge is 0.238 e. The zero-order valence-corrected chi connectivity index (χ0v) is 19.4. The molecule has 32 heavy (non-hydrogen) atoms. The summed E-state index contributed by atoms with van der Waals surface area (Å²) in [6, 6.07) is 1.37. The van der Waals surface area contributed by atoms with E-state index in [2.05, 4.69) is 30.0 Å². The maximum atomic E-state index is 13.2. The molecule has 1 aliphatic rings. The Balaban J connectivity index is 1.64. The molecule has 1 saturated heterocycles. The first kappa shape index (κ1) is 22.6. The van der Waals surface area contributed by atoms with Crippen LogP contribution in [0.1, 0.15) is 62.4 Å². The molecule has 4 atom stereocenters. The van der Waals surface area contributed by atoms with E-state index < -0.39 is 21.2 Å². The Kier molecular flexibility index (Phi) is 6.45. The van der Waals surface area contributed by atoms with Crippen LogP contribution in [0.2, 0.25) is 5.02 Å². The average Bonchev–Trinajstić information content (AvgIpc) is 3.54. The third-order valence-corrected chi connectivity index (χ3v) is 7.81. The zero-order chi connectivity index (χ0) is 22.9. The summed E-state index contributed by atoms with van der Waals surface area (Å²) in [5, 5.41) is 12.0. The number of sulfonamides is 1. The second-order valence-corrected chi connectivity index (χ2v) is 10.3. The van der Waals surface area contributed by atoms with E-state index >= 15 is 0 Å². The van der Waals surface area contributed by atoms with Crippen molar-refractivity contribution in [2.75, 3.05) is 17.9 Å². The fourth-order valence-electron chi connectivity index (χ4n) is 3.60. The highest BCUT2D eigenvalue weighted by Crippen LogP contribution is 2.32. The van der Waals surface area contributed by atoms with Gasteiger partial charge >= 0.3 is 0 Å². The van der Waals surface area contributed by atoms with Crippen LogP contribution in [-0.2, 0) is 14.8 Å². The van der Waals surface area contributed by atoms with E-state index in [1.165, 1.54) is 18.7 Å². The molecule has 1 aliphatic heterocycles. The molecule has 11 nitrogen and oxygen atoms in total. The molecule has 0 unspecified atom stereocenters. The van der Waals surface area contributed by atoms with Crippen LogP contribution in [0, 0.1) is 0 Å². The first-order chi connectivity index (χ1) is 15.3. The second-order valence-electron chi connectivity index (χ2n) is 7.81. The summed E-state index contributed by atoms with van der Waals surface area (Å²) in [4.78, 5) is 8.31. The Labute approximate surface area is 190 Å². The number of nitrogens with one attached hydrogen (secondary N) is 1. The molecular formula is C19H24ClN7O4S. The van der Waals surface area contributed by atoms with Gasteiger partial charge in [0, 0.05) is 36.9 Å². The molecule has 0 amide bonds. The molecule has 0 bridgehead atoms. The second kappa shape index (κ2) is 9.12. The van der Waals surface area contributed by atoms with Crippen molar-refractivity contribution in [2.45, 2.75) is 50.3 Å². The third-order valence-electron chi connectivity index (χ3n) is 5.76. The first-order valence-corrected chi connectivity index (χ1v) is 12.1. The number of aromatic nitrogens is 6. The van der Waals surface area contributed by atoms with Crippen molar-refractivity contribution < 1.29 is 17.7 Å². The summed E-state index contributed by atoms with van der Waals surface area (Å²) in [5.41, 5.74) is 0.626. The minimum Gasteiger partial charge on any atom is -0.381 e. The number of nitrogens with zero attached hydrogens (tertiary/aromatic N) is 6. The summed E-state index contributed by atoms with van der Waals surface area (Å²) in [6.45, 7) is 6.34. The average molecular weight is 482 g/mol. The lowest BCUT2D eigenvalue weighted by atomic mass is 10.1. The van der Waals surface area contributed by atoms with Crippen molar-refractivity contribution in [1.29, 1.82) is 0 Å². The van der Waals surface area contributed by atoms with Crippen molar-refractivity contribution in [3.05, 3.63) is 47.1 Å². The molecule has 3 aromatic rings.